The Balaban J connectivity index is 0.000000255. The highest BCUT2D eigenvalue weighted by Crippen LogP contribution is 1.91. The smallest absolute Gasteiger partial charge is 0.0400 e. The quantitative estimate of drug-likeness (QED) is 0.735. The molecule has 0 aliphatic heterocycles. The molecule has 0 saturated carbocycles. The Hall–Kier alpha value is -0.890. The Bertz CT molecular complexity index is 207. The van der Waals surface area contributed by atoms with Crippen LogP contribution in [0.4, 0.5) is 0 Å². The van der Waals surface area contributed by atoms with E-state index in [4.69, 9.17) is 0 Å². The average molecular weight is 194 g/mol. The van der Waals surface area contributed by atoms with E-state index in [1.54, 1.807) is 0 Å². The lowest BCUT2D eigenvalue weighted by atomic mass is 10.3. The van der Waals surface area contributed by atoms with Crippen LogP contribution in [0.5, 0.6) is 0 Å². The molecule has 0 aromatic carbocycles. The van der Waals surface area contributed by atoms with Crippen molar-refractivity contribution in [3.8, 4) is 0 Å². The van der Waals surface area contributed by atoms with Crippen LogP contribution in [0.2, 0.25) is 0 Å². The summed E-state index contributed by atoms with van der Waals surface area (Å²) < 4.78 is 0. The van der Waals surface area contributed by atoms with E-state index in [-0.39, 0.29) is 0 Å². The molecule has 0 N–H and O–H groups in total. The van der Waals surface area contributed by atoms with E-state index in [1.807, 2.05) is 24.4 Å². The fourth-order valence-electron chi connectivity index (χ4n) is 1.05. The van der Waals surface area contributed by atoms with Crippen LogP contribution in [0.3, 0.4) is 0 Å². The molecule has 0 atom stereocenters. The maximum absolute atomic E-state index is 4.10. The van der Waals surface area contributed by atoms with Crippen molar-refractivity contribution in [3.63, 3.8) is 0 Å². The monoisotopic (exact) mass is 194 g/mol. The van der Waals surface area contributed by atoms with E-state index >= 15 is 0 Å². The molecule has 80 valence electrons. The first-order valence-electron chi connectivity index (χ1n) is 5.25. The number of aromatic nitrogens is 1. The molecule has 1 heterocycles. The first-order chi connectivity index (χ1) is 6.70. The minimum Gasteiger partial charge on any atom is -0.309 e. The summed E-state index contributed by atoms with van der Waals surface area (Å²) in [5.74, 6) is 0. The van der Waals surface area contributed by atoms with Crippen LogP contribution in [0.25, 0.3) is 0 Å². The van der Waals surface area contributed by atoms with Crippen LogP contribution in [0.1, 0.15) is 26.0 Å². The summed E-state index contributed by atoms with van der Waals surface area (Å²) >= 11 is 0. The van der Waals surface area contributed by atoms with Gasteiger partial charge in [0.05, 0.1) is 0 Å². The maximum atomic E-state index is 4.10. The predicted molar refractivity (Wildman–Crippen MR) is 62.5 cm³/mol. The second-order valence-corrected chi connectivity index (χ2v) is 3.48. The third kappa shape index (κ3) is 7.74. The molecule has 0 aliphatic carbocycles. The number of nitrogens with zero attached hydrogens (tertiary/aromatic N) is 2. The topological polar surface area (TPSA) is 16.1 Å². The molecule has 0 amide bonds. The normalized spacial score (nSPS) is 9.50. The van der Waals surface area contributed by atoms with E-state index in [0.717, 1.165) is 12.1 Å². The lowest BCUT2D eigenvalue weighted by Crippen LogP contribution is -2.11. The van der Waals surface area contributed by atoms with Gasteiger partial charge in [0.2, 0.25) is 0 Å². The van der Waals surface area contributed by atoms with Gasteiger partial charge in [0, 0.05) is 11.9 Å². The maximum Gasteiger partial charge on any atom is 0.0400 e. The van der Waals surface area contributed by atoms with E-state index < -0.39 is 0 Å². The highest BCUT2D eigenvalue weighted by atomic mass is 15.0. The van der Waals surface area contributed by atoms with Gasteiger partial charge in [-0.25, -0.2) is 0 Å². The van der Waals surface area contributed by atoms with Gasteiger partial charge < -0.3 is 4.90 Å². The van der Waals surface area contributed by atoms with E-state index in [0.29, 0.717) is 0 Å². The number of rotatable bonds is 3. The molecular weight excluding hydrogens is 172 g/mol. The molecule has 0 spiro atoms. The van der Waals surface area contributed by atoms with Gasteiger partial charge in [0.25, 0.3) is 0 Å². The zero-order valence-electron chi connectivity index (χ0n) is 9.83. The Morgan fingerprint density at radius 2 is 1.93 bits per heavy atom. The van der Waals surface area contributed by atoms with E-state index in [2.05, 4.69) is 37.8 Å². The summed E-state index contributed by atoms with van der Waals surface area (Å²) in [7, 11) is 4.17. The number of pyridine rings is 1. The van der Waals surface area contributed by atoms with E-state index in [9.17, 15) is 0 Å². The number of aryl methyl sites for hydroxylation is 1. The molecule has 1 aromatic rings. The lowest BCUT2D eigenvalue weighted by molar-refractivity contribution is 0.408. The van der Waals surface area contributed by atoms with Crippen molar-refractivity contribution < 1.29 is 0 Å². The van der Waals surface area contributed by atoms with Crippen LogP contribution in [0, 0.1) is 0 Å². The van der Waals surface area contributed by atoms with Crippen LogP contribution in [0.15, 0.2) is 24.4 Å². The van der Waals surface area contributed by atoms with Gasteiger partial charge in [0.15, 0.2) is 0 Å². The lowest BCUT2D eigenvalue weighted by Gasteiger charge is -2.03. The summed E-state index contributed by atoms with van der Waals surface area (Å²) in [6.07, 6.45) is 4.10. The molecule has 2 nitrogen and oxygen atoms in total. The summed E-state index contributed by atoms with van der Waals surface area (Å²) in [6.45, 7) is 5.49. The van der Waals surface area contributed by atoms with Crippen molar-refractivity contribution >= 4 is 0 Å². The summed E-state index contributed by atoms with van der Waals surface area (Å²) in [4.78, 5) is 6.28. The van der Waals surface area contributed by atoms with Gasteiger partial charge in [-0.2, -0.15) is 0 Å². The van der Waals surface area contributed by atoms with Gasteiger partial charge in [-0.1, -0.05) is 19.9 Å². The predicted octanol–water partition coefficient (Wildman–Crippen LogP) is 2.60. The Morgan fingerprint density at radius 1 is 1.21 bits per heavy atom. The van der Waals surface area contributed by atoms with Crippen molar-refractivity contribution in [2.45, 2.75) is 26.7 Å². The van der Waals surface area contributed by atoms with Crippen molar-refractivity contribution in [2.75, 3.05) is 20.6 Å². The summed E-state index contributed by atoms with van der Waals surface area (Å²) in [6, 6.07) is 5.96. The first-order valence-corrected chi connectivity index (χ1v) is 5.25. The molecule has 0 fully saturated rings. The second-order valence-electron chi connectivity index (χ2n) is 3.48. The minimum atomic E-state index is 1.03. The fraction of sp³-hybridized carbons (Fsp3) is 0.583. The molecule has 0 radical (unpaired) electrons. The van der Waals surface area contributed by atoms with Gasteiger partial charge >= 0.3 is 0 Å². The zero-order valence-corrected chi connectivity index (χ0v) is 9.83. The SMILES string of the molecule is CCCN(C)C.CCc1ccccn1. The van der Waals surface area contributed by atoms with Crippen molar-refractivity contribution in [2.24, 2.45) is 0 Å². The van der Waals surface area contributed by atoms with Crippen LogP contribution in [-0.2, 0) is 6.42 Å². The largest absolute Gasteiger partial charge is 0.309 e. The van der Waals surface area contributed by atoms with Crippen LogP contribution >= 0.6 is 0 Å². The molecule has 0 unspecified atom stereocenters. The Labute approximate surface area is 88.0 Å². The average Bonchev–Trinajstić information content (AvgIpc) is 2.20. The summed E-state index contributed by atoms with van der Waals surface area (Å²) in [5.41, 5.74) is 1.16. The van der Waals surface area contributed by atoms with Gasteiger partial charge in [-0.3, -0.25) is 4.98 Å². The van der Waals surface area contributed by atoms with Crippen LogP contribution in [-0.4, -0.2) is 30.5 Å². The van der Waals surface area contributed by atoms with Crippen molar-refractivity contribution in [1.82, 2.24) is 9.88 Å². The van der Waals surface area contributed by atoms with E-state index in [1.165, 1.54) is 13.0 Å². The molecule has 0 bridgehead atoms. The highest BCUT2D eigenvalue weighted by Gasteiger charge is 1.81. The van der Waals surface area contributed by atoms with Crippen molar-refractivity contribution in [1.29, 1.82) is 0 Å². The Morgan fingerprint density at radius 3 is 2.14 bits per heavy atom. The van der Waals surface area contributed by atoms with Gasteiger partial charge in [-0.15, -0.1) is 0 Å². The van der Waals surface area contributed by atoms with Crippen LogP contribution < -0.4 is 0 Å². The molecule has 0 saturated heterocycles. The molecule has 2 heteroatoms. The number of hydrogen-bond acceptors (Lipinski definition) is 2. The highest BCUT2D eigenvalue weighted by molar-refractivity contribution is 5.02. The number of hydrogen-bond donors (Lipinski definition) is 0. The molecule has 0 aliphatic rings. The minimum absolute atomic E-state index is 1.03. The molecular formula is C12H22N2. The standard InChI is InChI=1S/C7H9N.C5H13N/c1-2-7-5-3-4-6-8-7;1-4-5-6(2)3/h3-6H,2H2,1H3;4-5H2,1-3H3. The molecule has 1 aromatic heterocycles. The van der Waals surface area contributed by atoms with Gasteiger partial charge in [0.1, 0.15) is 0 Å². The van der Waals surface area contributed by atoms with Crippen molar-refractivity contribution in [3.05, 3.63) is 30.1 Å². The summed E-state index contributed by atoms with van der Waals surface area (Å²) in [5, 5.41) is 0. The fourth-order valence-corrected chi connectivity index (χ4v) is 1.05. The molecule has 1 rings (SSSR count). The third-order valence-electron chi connectivity index (χ3n) is 1.76. The first kappa shape index (κ1) is 13.1. The molecule has 14 heavy (non-hydrogen) atoms. The third-order valence-corrected chi connectivity index (χ3v) is 1.76. The Kier molecular flexibility index (Phi) is 8.14. The zero-order chi connectivity index (χ0) is 10.8. The second kappa shape index (κ2) is 8.70. The van der Waals surface area contributed by atoms with Gasteiger partial charge in [-0.05, 0) is 45.6 Å².